The number of aromatic nitrogens is 1. The Morgan fingerprint density at radius 2 is 1.95 bits per heavy atom. The fourth-order valence-corrected chi connectivity index (χ4v) is 2.29. The lowest BCUT2D eigenvalue weighted by atomic mass is 10.0. The van der Waals surface area contributed by atoms with Crippen LogP contribution in [0.25, 0.3) is 0 Å². The zero-order valence-electron chi connectivity index (χ0n) is 11.7. The van der Waals surface area contributed by atoms with Gasteiger partial charge in [0.25, 0.3) is 0 Å². The van der Waals surface area contributed by atoms with Gasteiger partial charge in [-0.25, -0.2) is 0 Å². The van der Waals surface area contributed by atoms with Crippen LogP contribution < -0.4 is 10.5 Å². The molecule has 0 bridgehead atoms. The maximum Gasteiger partial charge on any atom is 0.139 e. The Bertz CT molecular complexity index is 560. The summed E-state index contributed by atoms with van der Waals surface area (Å²) >= 11 is 6.23. The second-order valence-electron chi connectivity index (χ2n) is 4.82. The van der Waals surface area contributed by atoms with Gasteiger partial charge in [-0.2, -0.15) is 0 Å². The minimum Gasteiger partial charge on any atom is -0.483 e. The van der Waals surface area contributed by atoms with Crippen molar-refractivity contribution in [2.45, 2.75) is 32.4 Å². The molecule has 0 amide bonds. The van der Waals surface area contributed by atoms with E-state index in [2.05, 4.69) is 4.98 Å². The van der Waals surface area contributed by atoms with Crippen molar-refractivity contribution < 1.29 is 4.74 Å². The van der Waals surface area contributed by atoms with Crippen molar-refractivity contribution in [2.24, 2.45) is 5.73 Å². The van der Waals surface area contributed by atoms with Crippen LogP contribution >= 0.6 is 11.6 Å². The minimum absolute atomic E-state index is 0.102. The van der Waals surface area contributed by atoms with E-state index in [1.807, 2.05) is 44.2 Å². The van der Waals surface area contributed by atoms with Gasteiger partial charge in [0, 0.05) is 18.4 Å². The molecule has 2 atom stereocenters. The summed E-state index contributed by atoms with van der Waals surface area (Å²) in [6.45, 7) is 4.03. The monoisotopic (exact) mass is 290 g/mol. The van der Waals surface area contributed by atoms with E-state index in [1.54, 1.807) is 12.4 Å². The number of nitrogens with zero attached hydrogens (tertiary/aromatic N) is 1. The van der Waals surface area contributed by atoms with Gasteiger partial charge in [-0.15, -0.1) is 0 Å². The zero-order chi connectivity index (χ0) is 14.5. The third-order valence-electron chi connectivity index (χ3n) is 3.24. The van der Waals surface area contributed by atoms with Gasteiger partial charge >= 0.3 is 0 Å². The van der Waals surface area contributed by atoms with Gasteiger partial charge in [-0.05, 0) is 48.7 Å². The number of pyridine rings is 1. The molecule has 1 aromatic carbocycles. The molecule has 2 aromatic rings. The van der Waals surface area contributed by atoms with Crippen LogP contribution in [0.5, 0.6) is 5.75 Å². The SMILES string of the molecule is CCC(N)C(Oc1ccc(C)cc1Cl)c1ccncc1. The molecular formula is C16H19ClN2O. The van der Waals surface area contributed by atoms with Gasteiger partial charge in [0.2, 0.25) is 0 Å². The summed E-state index contributed by atoms with van der Waals surface area (Å²) in [6, 6.07) is 9.48. The smallest absolute Gasteiger partial charge is 0.139 e. The van der Waals surface area contributed by atoms with Crippen LogP contribution in [0.2, 0.25) is 5.02 Å². The number of hydrogen-bond acceptors (Lipinski definition) is 3. The first-order valence-electron chi connectivity index (χ1n) is 6.70. The Kier molecular flexibility index (Phi) is 4.99. The number of aryl methyl sites for hydroxylation is 1. The van der Waals surface area contributed by atoms with Crippen LogP contribution in [0.15, 0.2) is 42.7 Å². The third-order valence-corrected chi connectivity index (χ3v) is 3.53. The predicted octanol–water partition coefficient (Wildman–Crippen LogP) is 3.90. The molecule has 0 radical (unpaired) electrons. The average Bonchev–Trinajstić information content (AvgIpc) is 2.46. The van der Waals surface area contributed by atoms with E-state index in [1.165, 1.54) is 0 Å². The van der Waals surface area contributed by atoms with Crippen molar-refractivity contribution >= 4 is 11.6 Å². The van der Waals surface area contributed by atoms with Crippen LogP contribution in [0.3, 0.4) is 0 Å². The van der Waals surface area contributed by atoms with Crippen molar-refractivity contribution in [1.29, 1.82) is 0 Å². The van der Waals surface area contributed by atoms with E-state index in [-0.39, 0.29) is 12.1 Å². The Labute approximate surface area is 124 Å². The number of hydrogen-bond donors (Lipinski definition) is 1. The number of nitrogens with two attached hydrogens (primary N) is 1. The molecule has 2 N–H and O–H groups in total. The van der Waals surface area contributed by atoms with Gasteiger partial charge in [0.1, 0.15) is 11.9 Å². The topological polar surface area (TPSA) is 48.1 Å². The van der Waals surface area contributed by atoms with Crippen LogP contribution in [0.4, 0.5) is 0 Å². The highest BCUT2D eigenvalue weighted by molar-refractivity contribution is 6.32. The first-order valence-corrected chi connectivity index (χ1v) is 7.08. The first kappa shape index (κ1) is 14.8. The Morgan fingerprint density at radius 1 is 1.25 bits per heavy atom. The van der Waals surface area contributed by atoms with E-state index in [0.29, 0.717) is 10.8 Å². The van der Waals surface area contributed by atoms with E-state index in [0.717, 1.165) is 17.5 Å². The van der Waals surface area contributed by atoms with Gasteiger partial charge < -0.3 is 10.5 Å². The summed E-state index contributed by atoms with van der Waals surface area (Å²) in [6.07, 6.45) is 4.06. The third kappa shape index (κ3) is 3.50. The molecule has 0 aliphatic heterocycles. The second-order valence-corrected chi connectivity index (χ2v) is 5.23. The molecule has 4 heteroatoms. The quantitative estimate of drug-likeness (QED) is 0.908. The molecule has 2 rings (SSSR count). The molecule has 0 aliphatic carbocycles. The molecule has 0 fully saturated rings. The molecule has 1 heterocycles. The van der Waals surface area contributed by atoms with E-state index in [9.17, 15) is 0 Å². The number of halogens is 1. The van der Waals surface area contributed by atoms with E-state index >= 15 is 0 Å². The highest BCUT2D eigenvalue weighted by Crippen LogP contribution is 2.31. The zero-order valence-corrected chi connectivity index (χ0v) is 12.5. The molecule has 20 heavy (non-hydrogen) atoms. The highest BCUT2D eigenvalue weighted by Gasteiger charge is 2.21. The van der Waals surface area contributed by atoms with Gasteiger partial charge in [0.05, 0.1) is 5.02 Å². The lowest BCUT2D eigenvalue weighted by Crippen LogP contribution is -2.31. The molecule has 3 nitrogen and oxygen atoms in total. The molecule has 2 unspecified atom stereocenters. The van der Waals surface area contributed by atoms with E-state index < -0.39 is 0 Å². The Balaban J connectivity index is 2.29. The van der Waals surface area contributed by atoms with Crippen molar-refractivity contribution in [3.8, 4) is 5.75 Å². The lowest BCUT2D eigenvalue weighted by molar-refractivity contribution is 0.171. The van der Waals surface area contributed by atoms with Gasteiger partial charge in [-0.1, -0.05) is 24.6 Å². The number of ether oxygens (including phenoxy) is 1. The lowest BCUT2D eigenvalue weighted by Gasteiger charge is -2.25. The second kappa shape index (κ2) is 6.73. The van der Waals surface area contributed by atoms with Crippen molar-refractivity contribution in [1.82, 2.24) is 4.98 Å². The molecule has 1 aromatic heterocycles. The summed E-state index contributed by atoms with van der Waals surface area (Å²) in [5.74, 6) is 0.656. The van der Waals surface area contributed by atoms with Crippen LogP contribution in [0, 0.1) is 6.92 Å². The van der Waals surface area contributed by atoms with Crippen molar-refractivity contribution in [3.05, 3.63) is 58.9 Å². The van der Waals surface area contributed by atoms with E-state index in [4.69, 9.17) is 22.1 Å². The number of rotatable bonds is 5. The summed E-state index contributed by atoms with van der Waals surface area (Å²) < 4.78 is 6.05. The van der Waals surface area contributed by atoms with Crippen molar-refractivity contribution in [3.63, 3.8) is 0 Å². The number of benzene rings is 1. The summed E-state index contributed by atoms with van der Waals surface area (Å²) in [7, 11) is 0. The maximum absolute atomic E-state index is 6.23. The molecule has 106 valence electrons. The van der Waals surface area contributed by atoms with Crippen LogP contribution in [-0.2, 0) is 0 Å². The summed E-state index contributed by atoms with van der Waals surface area (Å²) in [5, 5.41) is 0.604. The summed E-state index contributed by atoms with van der Waals surface area (Å²) in [4.78, 5) is 4.03. The van der Waals surface area contributed by atoms with Crippen LogP contribution in [0.1, 0.15) is 30.6 Å². The molecule has 0 spiro atoms. The van der Waals surface area contributed by atoms with Gasteiger partial charge in [0.15, 0.2) is 0 Å². The molecule has 0 saturated carbocycles. The fraction of sp³-hybridized carbons (Fsp3) is 0.312. The van der Waals surface area contributed by atoms with Crippen molar-refractivity contribution in [2.75, 3.05) is 0 Å². The Hall–Kier alpha value is -1.58. The van der Waals surface area contributed by atoms with Crippen LogP contribution in [-0.4, -0.2) is 11.0 Å². The predicted molar refractivity (Wildman–Crippen MR) is 82.1 cm³/mol. The molecule has 0 saturated heterocycles. The minimum atomic E-state index is -0.233. The largest absolute Gasteiger partial charge is 0.483 e. The van der Waals surface area contributed by atoms with Gasteiger partial charge in [-0.3, -0.25) is 4.98 Å². The maximum atomic E-state index is 6.23. The Morgan fingerprint density at radius 3 is 2.55 bits per heavy atom. The average molecular weight is 291 g/mol. The molecular weight excluding hydrogens is 272 g/mol. The highest BCUT2D eigenvalue weighted by atomic mass is 35.5. The summed E-state index contributed by atoms with van der Waals surface area (Å²) in [5.41, 5.74) is 8.29. The molecule has 0 aliphatic rings. The first-order chi connectivity index (χ1) is 9.61. The fourth-order valence-electron chi connectivity index (χ4n) is 2.01. The standard InChI is InChI=1S/C16H19ClN2O/c1-3-14(18)16(12-6-8-19-9-7-12)20-15-5-4-11(2)10-13(15)17/h4-10,14,16H,3,18H2,1-2H3. The normalized spacial score (nSPS) is 13.8.